The Labute approximate surface area is 115 Å². The van der Waals surface area contributed by atoms with Crippen LogP contribution in [0.2, 0.25) is 0 Å². The van der Waals surface area contributed by atoms with Gasteiger partial charge in [0, 0.05) is 18.6 Å². The smallest absolute Gasteiger partial charge is 0.242 e. The number of benzene rings is 1. The van der Waals surface area contributed by atoms with Crippen LogP contribution in [0.3, 0.4) is 0 Å². The summed E-state index contributed by atoms with van der Waals surface area (Å²) in [5, 5.41) is 3.21. The highest BCUT2D eigenvalue weighted by molar-refractivity contribution is 7.89. The lowest BCUT2D eigenvalue weighted by molar-refractivity contribution is 0.583. The van der Waals surface area contributed by atoms with Gasteiger partial charge in [0.1, 0.15) is 4.90 Å². The lowest BCUT2D eigenvalue weighted by atomic mass is 10.1. The molecule has 0 fully saturated rings. The van der Waals surface area contributed by atoms with Crippen molar-refractivity contribution < 1.29 is 8.42 Å². The molecule has 1 rings (SSSR count). The van der Waals surface area contributed by atoms with Crippen LogP contribution < -0.4 is 15.8 Å². The first-order valence-electron chi connectivity index (χ1n) is 6.47. The first-order chi connectivity index (χ1) is 8.86. The molecule has 19 heavy (non-hydrogen) atoms. The second-order valence-corrected chi connectivity index (χ2v) is 6.49. The Morgan fingerprint density at radius 3 is 2.47 bits per heavy atom. The van der Waals surface area contributed by atoms with Gasteiger partial charge in [-0.2, -0.15) is 0 Å². The van der Waals surface area contributed by atoms with E-state index >= 15 is 0 Å². The fourth-order valence-electron chi connectivity index (χ4n) is 1.97. The molecule has 5 nitrogen and oxygen atoms in total. The van der Waals surface area contributed by atoms with Gasteiger partial charge in [0.15, 0.2) is 0 Å². The number of nitrogens with one attached hydrogen (secondary N) is 2. The Balaban J connectivity index is 2.97. The minimum Gasteiger partial charge on any atom is -0.381 e. The van der Waals surface area contributed by atoms with Gasteiger partial charge in [-0.25, -0.2) is 13.1 Å². The van der Waals surface area contributed by atoms with Crippen LogP contribution in [0, 0.1) is 0 Å². The van der Waals surface area contributed by atoms with Gasteiger partial charge in [-0.1, -0.05) is 19.1 Å². The Hall–Kier alpha value is -1.11. The maximum Gasteiger partial charge on any atom is 0.242 e. The number of para-hydroxylation sites is 1. The molecule has 108 valence electrons. The Kier molecular flexibility index (Phi) is 5.78. The van der Waals surface area contributed by atoms with Crippen LogP contribution in [-0.4, -0.2) is 27.0 Å². The zero-order chi connectivity index (χ0) is 14.5. The fourth-order valence-corrected chi connectivity index (χ4v) is 3.18. The van der Waals surface area contributed by atoms with E-state index in [1.807, 2.05) is 19.9 Å². The van der Waals surface area contributed by atoms with Crippen LogP contribution in [-0.2, 0) is 10.0 Å². The summed E-state index contributed by atoms with van der Waals surface area (Å²) >= 11 is 0. The predicted molar refractivity (Wildman–Crippen MR) is 78.7 cm³/mol. The number of hydrogen-bond donors (Lipinski definition) is 3. The number of nitrogens with two attached hydrogens (primary N) is 1. The number of hydrogen-bond acceptors (Lipinski definition) is 4. The molecule has 2 unspecified atom stereocenters. The molecule has 6 heteroatoms. The van der Waals surface area contributed by atoms with E-state index in [-0.39, 0.29) is 17.0 Å². The maximum atomic E-state index is 12.1. The van der Waals surface area contributed by atoms with Crippen molar-refractivity contribution in [3.05, 3.63) is 24.3 Å². The normalized spacial score (nSPS) is 14.9. The number of sulfonamides is 1. The molecule has 0 saturated carbocycles. The molecule has 0 aliphatic heterocycles. The van der Waals surface area contributed by atoms with Gasteiger partial charge in [-0.15, -0.1) is 0 Å². The van der Waals surface area contributed by atoms with E-state index in [2.05, 4.69) is 10.0 Å². The molecule has 0 radical (unpaired) electrons. The van der Waals surface area contributed by atoms with E-state index in [0.717, 1.165) is 6.42 Å². The zero-order valence-corrected chi connectivity index (χ0v) is 12.5. The minimum atomic E-state index is -3.46. The molecule has 0 aliphatic carbocycles. The summed E-state index contributed by atoms with van der Waals surface area (Å²) in [6, 6.07) is 7.07. The van der Waals surface area contributed by atoms with Crippen molar-refractivity contribution in [2.45, 2.75) is 44.2 Å². The molecule has 0 aliphatic rings. The highest BCUT2D eigenvalue weighted by atomic mass is 32.2. The maximum absolute atomic E-state index is 12.1. The minimum absolute atomic E-state index is 0.0695. The van der Waals surface area contributed by atoms with E-state index in [0.29, 0.717) is 12.2 Å². The first kappa shape index (κ1) is 15.9. The Morgan fingerprint density at radius 2 is 1.89 bits per heavy atom. The lowest BCUT2D eigenvalue weighted by Gasteiger charge is -2.19. The van der Waals surface area contributed by atoms with Crippen LogP contribution >= 0.6 is 0 Å². The average Bonchev–Trinajstić information content (AvgIpc) is 2.28. The average molecular weight is 285 g/mol. The monoisotopic (exact) mass is 285 g/mol. The standard InChI is InChI=1S/C13H23N3O2S/c1-4-15-19(17,18)13-8-6-5-7-12(13)16-11(3)9-10(2)14/h5-8,10-11,15-16H,4,9,14H2,1-3H3. The Morgan fingerprint density at radius 1 is 1.26 bits per heavy atom. The summed E-state index contributed by atoms with van der Waals surface area (Å²) in [6.07, 6.45) is 0.773. The second-order valence-electron chi connectivity index (χ2n) is 4.76. The summed E-state index contributed by atoms with van der Waals surface area (Å²) in [7, 11) is -3.46. The third-order valence-electron chi connectivity index (χ3n) is 2.64. The number of anilines is 1. The van der Waals surface area contributed by atoms with Gasteiger partial charge in [0.25, 0.3) is 0 Å². The third kappa shape index (κ3) is 4.81. The van der Waals surface area contributed by atoms with Gasteiger partial charge in [-0.3, -0.25) is 0 Å². The van der Waals surface area contributed by atoms with E-state index < -0.39 is 10.0 Å². The van der Waals surface area contributed by atoms with Crippen molar-refractivity contribution in [3.63, 3.8) is 0 Å². The quantitative estimate of drug-likeness (QED) is 0.709. The Bertz CT molecular complexity index is 500. The van der Waals surface area contributed by atoms with Crippen molar-refractivity contribution in [1.29, 1.82) is 0 Å². The van der Waals surface area contributed by atoms with Crippen molar-refractivity contribution in [2.75, 3.05) is 11.9 Å². The van der Waals surface area contributed by atoms with Crippen LogP contribution in [0.1, 0.15) is 27.2 Å². The van der Waals surface area contributed by atoms with E-state index in [1.54, 1.807) is 25.1 Å². The first-order valence-corrected chi connectivity index (χ1v) is 7.96. The van der Waals surface area contributed by atoms with Gasteiger partial charge in [0.2, 0.25) is 10.0 Å². The molecule has 0 spiro atoms. The molecular weight excluding hydrogens is 262 g/mol. The molecule has 0 aromatic heterocycles. The van der Waals surface area contributed by atoms with Crippen molar-refractivity contribution in [1.82, 2.24) is 4.72 Å². The number of rotatable bonds is 7. The summed E-state index contributed by atoms with van der Waals surface area (Å²) in [5.41, 5.74) is 6.36. The zero-order valence-electron chi connectivity index (χ0n) is 11.7. The summed E-state index contributed by atoms with van der Waals surface area (Å²) in [4.78, 5) is 0.272. The largest absolute Gasteiger partial charge is 0.381 e. The van der Waals surface area contributed by atoms with Crippen LogP contribution in [0.5, 0.6) is 0 Å². The van der Waals surface area contributed by atoms with Gasteiger partial charge < -0.3 is 11.1 Å². The lowest BCUT2D eigenvalue weighted by Crippen LogP contribution is -2.28. The van der Waals surface area contributed by atoms with Crippen molar-refractivity contribution >= 4 is 15.7 Å². The molecule has 0 saturated heterocycles. The SMILES string of the molecule is CCNS(=O)(=O)c1ccccc1NC(C)CC(C)N. The third-order valence-corrected chi connectivity index (χ3v) is 4.24. The van der Waals surface area contributed by atoms with Gasteiger partial charge in [0.05, 0.1) is 5.69 Å². The predicted octanol–water partition coefficient (Wildman–Crippen LogP) is 1.52. The molecular formula is C13H23N3O2S. The molecule has 0 amide bonds. The van der Waals surface area contributed by atoms with Crippen LogP contribution in [0.15, 0.2) is 29.2 Å². The van der Waals surface area contributed by atoms with E-state index in [1.165, 1.54) is 0 Å². The molecule has 0 heterocycles. The van der Waals surface area contributed by atoms with Crippen LogP contribution in [0.4, 0.5) is 5.69 Å². The van der Waals surface area contributed by atoms with E-state index in [9.17, 15) is 8.42 Å². The van der Waals surface area contributed by atoms with Gasteiger partial charge in [-0.05, 0) is 32.4 Å². The highest BCUT2D eigenvalue weighted by Gasteiger charge is 2.18. The van der Waals surface area contributed by atoms with Crippen LogP contribution in [0.25, 0.3) is 0 Å². The summed E-state index contributed by atoms with van der Waals surface area (Å²) < 4.78 is 26.7. The summed E-state index contributed by atoms with van der Waals surface area (Å²) in [5.74, 6) is 0. The highest BCUT2D eigenvalue weighted by Crippen LogP contribution is 2.21. The molecule has 1 aromatic rings. The van der Waals surface area contributed by atoms with E-state index in [4.69, 9.17) is 5.73 Å². The van der Waals surface area contributed by atoms with Crippen molar-refractivity contribution in [2.24, 2.45) is 5.73 Å². The topological polar surface area (TPSA) is 84.2 Å². The molecule has 4 N–H and O–H groups in total. The molecule has 1 aromatic carbocycles. The van der Waals surface area contributed by atoms with Crippen molar-refractivity contribution in [3.8, 4) is 0 Å². The molecule has 2 atom stereocenters. The summed E-state index contributed by atoms with van der Waals surface area (Å²) in [6.45, 7) is 6.04. The van der Waals surface area contributed by atoms with Gasteiger partial charge >= 0.3 is 0 Å². The molecule has 0 bridgehead atoms. The fraction of sp³-hybridized carbons (Fsp3) is 0.538. The second kappa shape index (κ2) is 6.88.